The van der Waals surface area contributed by atoms with Crippen molar-refractivity contribution in [2.45, 2.75) is 150 Å². The van der Waals surface area contributed by atoms with Gasteiger partial charge < -0.3 is 51.2 Å². The van der Waals surface area contributed by atoms with Gasteiger partial charge in [-0.2, -0.15) is 0 Å². The van der Waals surface area contributed by atoms with Crippen molar-refractivity contribution in [2.24, 2.45) is 22.7 Å². The van der Waals surface area contributed by atoms with E-state index in [1.807, 2.05) is 90.1 Å². The molecule has 10 atom stereocenters. The fourth-order valence-corrected chi connectivity index (χ4v) is 10.7. The molecule has 20 heteroatoms. The summed E-state index contributed by atoms with van der Waals surface area (Å²) in [5.74, 6) is -2.42. The first-order valence-electron chi connectivity index (χ1n) is 26.8. The maximum absolute atomic E-state index is 14.7. The van der Waals surface area contributed by atoms with E-state index in [1.54, 1.807) is 52.2 Å². The van der Waals surface area contributed by atoms with Crippen LogP contribution in [0.4, 0.5) is 0 Å². The molecule has 434 valence electrons. The lowest BCUT2D eigenvalue weighted by Gasteiger charge is -2.36. The number of para-hydroxylation sites is 2. The predicted octanol–water partition coefficient (Wildman–Crippen LogP) is 6.30. The van der Waals surface area contributed by atoms with Crippen molar-refractivity contribution in [3.8, 4) is 11.5 Å². The van der Waals surface area contributed by atoms with Crippen molar-refractivity contribution in [1.82, 2.24) is 41.7 Å². The Morgan fingerprint density at radius 2 is 0.937 bits per heavy atom. The lowest BCUT2D eigenvalue weighted by atomic mass is 9.85. The van der Waals surface area contributed by atoms with Crippen LogP contribution in [0.5, 0.6) is 11.5 Å². The van der Waals surface area contributed by atoms with Gasteiger partial charge in [-0.25, -0.2) is 0 Å². The number of ketones is 2. The Morgan fingerprint density at radius 1 is 0.570 bits per heavy atom. The van der Waals surface area contributed by atoms with Gasteiger partial charge in [-0.15, -0.1) is 24.8 Å². The van der Waals surface area contributed by atoms with E-state index < -0.39 is 70.7 Å². The summed E-state index contributed by atoms with van der Waals surface area (Å²) >= 11 is 0. The maximum atomic E-state index is 14.7. The van der Waals surface area contributed by atoms with E-state index in [-0.39, 0.29) is 129 Å². The quantitative estimate of drug-likeness (QED) is 0.0771. The normalized spacial score (nSPS) is 21.9. The molecule has 18 nitrogen and oxygen atoms in total. The second-order valence-corrected chi connectivity index (χ2v) is 23.2. The van der Waals surface area contributed by atoms with Gasteiger partial charge in [0.05, 0.1) is 37.4 Å². The zero-order valence-corrected chi connectivity index (χ0v) is 48.2. The smallest absolute Gasteiger partial charge is 0.246 e. The summed E-state index contributed by atoms with van der Waals surface area (Å²) in [6.45, 7) is 15.4. The van der Waals surface area contributed by atoms with Gasteiger partial charge in [0.2, 0.25) is 35.4 Å². The van der Waals surface area contributed by atoms with E-state index in [9.17, 15) is 38.4 Å². The molecule has 4 heterocycles. The van der Waals surface area contributed by atoms with Gasteiger partial charge in [-0.1, -0.05) is 104 Å². The molecule has 2 fully saturated rings. The molecule has 0 spiro atoms. The number of nitrogens with zero attached hydrogens (tertiary/aromatic N) is 2. The number of likely N-dealkylation sites (tertiary alicyclic amines) is 2. The van der Waals surface area contributed by atoms with Crippen LogP contribution in [-0.4, -0.2) is 133 Å². The molecule has 7 rings (SSSR count). The molecule has 2 unspecified atom stereocenters. The van der Waals surface area contributed by atoms with Crippen molar-refractivity contribution in [1.29, 1.82) is 0 Å². The van der Waals surface area contributed by atoms with Gasteiger partial charge in [0.25, 0.3) is 0 Å². The van der Waals surface area contributed by atoms with Crippen LogP contribution >= 0.6 is 24.8 Å². The summed E-state index contributed by atoms with van der Waals surface area (Å²) in [6.07, 6.45) is 1.37. The zero-order chi connectivity index (χ0) is 55.2. The molecule has 79 heavy (non-hydrogen) atoms. The standard InChI is InChI=1S/C58H78N8O10.CH4.2ClH/c1-33(59-9)51(69)63-49(57(3,4)5)55(73)65-31-35(26-43(65)53(71)61-41-22-24-75-47-20-13-11-18-39(41)47)28-45(67)37-16-15-17-38(30-37)46(68)29-36-27-44(54(72)62-42-23-25-76-48-21-14-12-19-40(42)48)66(32-36)56(74)50(58(6,7)8)64-52(70)34(2)60-10;;;/h11-21,30,33-36,41-44,49-50,59-60H,22-29,31-32H2,1-10H3,(H,61,71)(H,62,72)(H,63,69)(H,64,70);1H4;2*1H/t33-,34-,35+,36+,41?,42?,43-,44-,49+,50+;;;/m0.../s1. The van der Waals surface area contributed by atoms with Crippen LogP contribution < -0.4 is 41.4 Å². The molecular weight excluding hydrogens is 1050 g/mol. The van der Waals surface area contributed by atoms with Gasteiger partial charge in [0.15, 0.2) is 11.6 Å². The summed E-state index contributed by atoms with van der Waals surface area (Å²) in [5, 5.41) is 18.0. The van der Waals surface area contributed by atoms with Crippen molar-refractivity contribution in [2.75, 3.05) is 40.4 Å². The Labute approximate surface area is 478 Å². The van der Waals surface area contributed by atoms with Gasteiger partial charge in [-0.3, -0.25) is 38.4 Å². The number of carbonyl (C=O) groups excluding carboxylic acids is 8. The molecule has 4 aliphatic rings. The highest BCUT2D eigenvalue weighted by atomic mass is 35.5. The van der Waals surface area contributed by atoms with Crippen LogP contribution in [0.1, 0.15) is 145 Å². The van der Waals surface area contributed by atoms with Crippen LogP contribution in [0.2, 0.25) is 0 Å². The van der Waals surface area contributed by atoms with Gasteiger partial charge in [0, 0.05) is 61.0 Å². The third-order valence-corrected chi connectivity index (χ3v) is 15.4. The van der Waals surface area contributed by atoms with Gasteiger partial charge in [-0.05, 0) is 81.6 Å². The first-order valence-corrected chi connectivity index (χ1v) is 26.8. The largest absolute Gasteiger partial charge is 0.493 e. The fraction of sp³-hybridized carbons (Fsp3) is 0.559. The van der Waals surface area contributed by atoms with E-state index >= 15 is 0 Å². The van der Waals surface area contributed by atoms with Crippen molar-refractivity contribution in [3.05, 3.63) is 95.1 Å². The van der Waals surface area contributed by atoms with E-state index in [2.05, 4.69) is 31.9 Å². The Morgan fingerprint density at radius 3 is 1.29 bits per heavy atom. The summed E-state index contributed by atoms with van der Waals surface area (Å²) in [5.41, 5.74) is 0.750. The molecule has 3 aromatic rings. The van der Waals surface area contributed by atoms with Crippen molar-refractivity contribution in [3.63, 3.8) is 0 Å². The maximum Gasteiger partial charge on any atom is 0.246 e. The zero-order valence-electron chi connectivity index (χ0n) is 46.6. The molecule has 0 radical (unpaired) electrons. The average Bonchev–Trinajstić information content (AvgIpc) is 4.03. The highest BCUT2D eigenvalue weighted by molar-refractivity contribution is 6.02. The second kappa shape index (κ2) is 27.9. The molecule has 6 amide bonds. The number of hydrogen-bond donors (Lipinski definition) is 6. The van der Waals surface area contributed by atoms with E-state index in [0.717, 1.165) is 11.1 Å². The van der Waals surface area contributed by atoms with Crippen LogP contribution in [0.25, 0.3) is 0 Å². The second-order valence-electron chi connectivity index (χ2n) is 23.2. The number of amides is 6. The Hall–Kier alpha value is -6.08. The van der Waals surface area contributed by atoms with Crippen LogP contribution in [0, 0.1) is 22.7 Å². The summed E-state index contributed by atoms with van der Waals surface area (Å²) in [6, 6.07) is 15.7. The number of halogens is 2. The number of carbonyl (C=O) groups is 8. The highest BCUT2D eigenvalue weighted by Crippen LogP contribution is 2.37. The Balaban J connectivity index is 0.00000448. The minimum absolute atomic E-state index is 0. The number of hydrogen-bond acceptors (Lipinski definition) is 12. The molecule has 3 aromatic carbocycles. The molecule has 0 aromatic heterocycles. The third kappa shape index (κ3) is 15.6. The van der Waals surface area contributed by atoms with Crippen LogP contribution in [0.15, 0.2) is 72.8 Å². The molecule has 0 saturated carbocycles. The topological polar surface area (TPSA) is 234 Å². The fourth-order valence-electron chi connectivity index (χ4n) is 10.7. The Bertz CT molecular complexity index is 2500. The minimum Gasteiger partial charge on any atom is -0.493 e. The summed E-state index contributed by atoms with van der Waals surface area (Å²) in [4.78, 5) is 116. The van der Waals surface area contributed by atoms with Crippen LogP contribution in [0.3, 0.4) is 0 Å². The number of Topliss-reactive ketones (excluding diaryl/α,β-unsaturated/α-hetero) is 2. The first-order chi connectivity index (χ1) is 36.0. The molecule has 2 saturated heterocycles. The molecule has 6 N–H and O–H groups in total. The predicted molar refractivity (Wildman–Crippen MR) is 307 cm³/mol. The monoisotopic (exact) mass is 1130 g/mol. The van der Waals surface area contributed by atoms with E-state index in [4.69, 9.17) is 9.47 Å². The Kier molecular flexibility index (Phi) is 23.1. The third-order valence-electron chi connectivity index (χ3n) is 15.4. The highest BCUT2D eigenvalue weighted by Gasteiger charge is 2.48. The van der Waals surface area contributed by atoms with Crippen molar-refractivity contribution >= 4 is 71.8 Å². The van der Waals surface area contributed by atoms with Gasteiger partial charge in [0.1, 0.15) is 35.7 Å². The average molecular weight is 1140 g/mol. The number of ether oxygens (including phenoxy) is 2. The number of rotatable bonds is 18. The van der Waals surface area contributed by atoms with E-state index in [0.29, 0.717) is 37.6 Å². The summed E-state index contributed by atoms with van der Waals surface area (Å²) < 4.78 is 11.7. The summed E-state index contributed by atoms with van der Waals surface area (Å²) in [7, 11) is 3.30. The SMILES string of the molecule is C.CN[C@@H](C)C(=O)N[C@H](C(=O)N1C[C@@H](CC(=O)c2cccc(C(=O)C[C@H]3C[C@@H](C(=O)NC4CCOc5ccccc54)N(C(=O)[C@@H](NC(=O)[C@H](C)NC)C(C)(C)C)C3)c2)C[C@H]1C(=O)NC1CCOc2ccccc21)C(C)(C)C.Cl.Cl. The number of nitrogens with one attached hydrogen (secondary N) is 6. The van der Waals surface area contributed by atoms with E-state index in [1.165, 1.54) is 9.80 Å². The van der Waals surface area contributed by atoms with Gasteiger partial charge >= 0.3 is 0 Å². The number of fused-ring (bicyclic) bond motifs is 2. The lowest BCUT2D eigenvalue weighted by Crippen LogP contribution is -2.59. The molecule has 4 aliphatic heterocycles. The van der Waals surface area contributed by atoms with Crippen LogP contribution in [-0.2, 0) is 28.8 Å². The minimum atomic E-state index is -0.987. The lowest BCUT2D eigenvalue weighted by molar-refractivity contribution is -0.144. The number of likely N-dealkylation sites (N-methyl/N-ethyl adjacent to an activating group) is 2. The number of benzene rings is 3. The molecular formula is C59H84Cl2N8O10. The van der Waals surface area contributed by atoms with Crippen molar-refractivity contribution < 1.29 is 47.8 Å². The molecule has 0 aliphatic carbocycles. The first kappa shape index (κ1) is 65.4. The molecule has 0 bridgehead atoms.